The quantitative estimate of drug-likeness (QED) is 0.654. The number of benzene rings is 2. The minimum atomic E-state index is -0.779. The molecule has 28 heavy (non-hydrogen) atoms. The van der Waals surface area contributed by atoms with Crippen LogP contribution in [0.15, 0.2) is 54.6 Å². The summed E-state index contributed by atoms with van der Waals surface area (Å²) >= 11 is 0. The number of esters is 1. The lowest BCUT2D eigenvalue weighted by atomic mass is 10.2. The second kappa shape index (κ2) is 8.21. The van der Waals surface area contributed by atoms with Gasteiger partial charge in [-0.05, 0) is 48.5 Å². The van der Waals surface area contributed by atoms with Crippen LogP contribution in [0.25, 0.3) is 0 Å². The van der Waals surface area contributed by atoms with Gasteiger partial charge in [-0.3, -0.25) is 4.79 Å². The van der Waals surface area contributed by atoms with E-state index in [-0.39, 0.29) is 17.2 Å². The Morgan fingerprint density at radius 3 is 2.18 bits per heavy atom. The van der Waals surface area contributed by atoms with Gasteiger partial charge >= 0.3 is 5.97 Å². The summed E-state index contributed by atoms with van der Waals surface area (Å²) in [6.07, 6.45) is 0. The summed E-state index contributed by atoms with van der Waals surface area (Å²) in [6.45, 7) is 0. The lowest BCUT2D eigenvalue weighted by Crippen LogP contribution is -2.15. The highest BCUT2D eigenvalue weighted by atomic mass is 19.1. The Bertz CT molecular complexity index is 988. The number of amides is 1. The van der Waals surface area contributed by atoms with Crippen molar-refractivity contribution in [2.24, 2.45) is 0 Å². The Morgan fingerprint density at radius 2 is 1.61 bits per heavy atom. The number of para-hydroxylation sites is 1. The van der Waals surface area contributed by atoms with Crippen LogP contribution in [0.2, 0.25) is 0 Å². The van der Waals surface area contributed by atoms with Crippen molar-refractivity contribution in [3.8, 4) is 0 Å². The molecule has 1 aromatic heterocycles. The lowest BCUT2D eigenvalue weighted by molar-refractivity contribution is 0.0600. The van der Waals surface area contributed by atoms with Crippen LogP contribution in [0.5, 0.6) is 0 Å². The highest BCUT2D eigenvalue weighted by Crippen LogP contribution is 2.21. The summed E-state index contributed by atoms with van der Waals surface area (Å²) in [5, 5.41) is 12.6. The molecule has 0 saturated heterocycles. The number of aromatic nitrogens is 2. The van der Waals surface area contributed by atoms with Crippen molar-refractivity contribution < 1.29 is 23.1 Å². The number of carbonyl (C=O) groups excluding carboxylic acids is 2. The first-order valence-corrected chi connectivity index (χ1v) is 8.02. The van der Waals surface area contributed by atoms with E-state index in [2.05, 4.69) is 25.6 Å². The molecule has 9 heteroatoms. The Morgan fingerprint density at radius 1 is 0.929 bits per heavy atom. The zero-order chi connectivity index (χ0) is 20.1. The minimum Gasteiger partial charge on any atom is -0.465 e. The molecule has 3 aromatic rings. The molecule has 2 aromatic carbocycles. The molecule has 142 valence electrons. The maximum Gasteiger partial charge on any atom is 0.337 e. The van der Waals surface area contributed by atoms with E-state index in [4.69, 9.17) is 0 Å². The lowest BCUT2D eigenvalue weighted by Gasteiger charge is -2.08. The van der Waals surface area contributed by atoms with Crippen molar-refractivity contribution in [3.63, 3.8) is 0 Å². The number of nitrogens with zero attached hydrogens (tertiary/aromatic N) is 2. The summed E-state index contributed by atoms with van der Waals surface area (Å²) in [4.78, 5) is 23.6. The van der Waals surface area contributed by atoms with Gasteiger partial charge in [-0.15, -0.1) is 10.2 Å². The molecule has 0 aliphatic carbocycles. The van der Waals surface area contributed by atoms with E-state index in [0.29, 0.717) is 11.3 Å². The monoisotopic (exact) mass is 384 g/mol. The Hall–Kier alpha value is -3.88. The molecule has 0 atom stereocenters. The van der Waals surface area contributed by atoms with Crippen molar-refractivity contribution in [1.82, 2.24) is 10.2 Å². The third kappa shape index (κ3) is 4.26. The molecule has 0 unspecified atom stereocenters. The smallest absolute Gasteiger partial charge is 0.337 e. The number of hydrogen-bond acceptors (Lipinski definition) is 6. The molecule has 0 radical (unpaired) electrons. The second-order valence-electron chi connectivity index (χ2n) is 5.55. The standard InChI is InChI=1S/C19H14F2N4O3/c1-28-19(27)11-5-7-12(8-6-11)22-18(26)15-9-10-16(25-24-15)23-17-13(20)3-2-4-14(17)21/h2-10H,1H3,(H,22,26)(H,23,25). The third-order valence-corrected chi connectivity index (χ3v) is 3.68. The Labute approximate surface area is 158 Å². The van der Waals surface area contributed by atoms with Gasteiger partial charge in [0.2, 0.25) is 0 Å². The van der Waals surface area contributed by atoms with E-state index in [1.165, 1.54) is 49.6 Å². The summed E-state index contributed by atoms with van der Waals surface area (Å²) in [5.41, 5.74) is 0.419. The average molecular weight is 384 g/mol. The SMILES string of the molecule is COC(=O)c1ccc(NC(=O)c2ccc(Nc3c(F)cccc3F)nn2)cc1. The zero-order valence-corrected chi connectivity index (χ0v) is 14.6. The number of methoxy groups -OCH3 is 1. The van der Waals surface area contributed by atoms with E-state index >= 15 is 0 Å². The molecule has 0 bridgehead atoms. The van der Waals surface area contributed by atoms with Crippen molar-refractivity contribution >= 4 is 29.1 Å². The average Bonchev–Trinajstić information content (AvgIpc) is 2.71. The fraction of sp³-hybridized carbons (Fsp3) is 0.0526. The fourth-order valence-corrected chi connectivity index (χ4v) is 2.27. The van der Waals surface area contributed by atoms with Crippen LogP contribution >= 0.6 is 0 Å². The molecule has 0 aliphatic rings. The number of hydrogen-bond donors (Lipinski definition) is 2. The highest BCUT2D eigenvalue weighted by Gasteiger charge is 2.12. The number of carbonyl (C=O) groups is 2. The molecular weight excluding hydrogens is 370 g/mol. The molecule has 0 spiro atoms. The van der Waals surface area contributed by atoms with E-state index in [1.807, 2.05) is 0 Å². The van der Waals surface area contributed by atoms with Gasteiger partial charge in [-0.2, -0.15) is 0 Å². The number of ether oxygens (including phenoxy) is 1. The predicted molar refractivity (Wildman–Crippen MR) is 97.4 cm³/mol. The number of rotatable bonds is 5. The van der Waals surface area contributed by atoms with Gasteiger partial charge in [-0.1, -0.05) is 6.07 Å². The van der Waals surface area contributed by atoms with E-state index in [0.717, 1.165) is 12.1 Å². The maximum absolute atomic E-state index is 13.6. The van der Waals surface area contributed by atoms with Gasteiger partial charge in [0.25, 0.3) is 5.91 Å². The summed E-state index contributed by atoms with van der Waals surface area (Å²) in [7, 11) is 1.27. The summed E-state index contributed by atoms with van der Waals surface area (Å²) in [6, 6.07) is 12.3. The van der Waals surface area contributed by atoms with Gasteiger partial charge in [0.05, 0.1) is 12.7 Å². The Balaban J connectivity index is 1.67. The first-order valence-electron chi connectivity index (χ1n) is 8.02. The minimum absolute atomic E-state index is 0.00315. The van der Waals surface area contributed by atoms with Gasteiger partial charge in [0.1, 0.15) is 17.3 Å². The highest BCUT2D eigenvalue weighted by molar-refractivity contribution is 6.03. The van der Waals surface area contributed by atoms with Gasteiger partial charge in [-0.25, -0.2) is 13.6 Å². The molecule has 1 amide bonds. The topological polar surface area (TPSA) is 93.2 Å². The van der Waals surface area contributed by atoms with E-state index < -0.39 is 23.5 Å². The molecule has 7 nitrogen and oxygen atoms in total. The number of nitrogens with one attached hydrogen (secondary N) is 2. The first kappa shape index (κ1) is 18.9. The van der Waals surface area contributed by atoms with Crippen molar-refractivity contribution in [2.45, 2.75) is 0 Å². The Kier molecular flexibility index (Phi) is 5.54. The third-order valence-electron chi connectivity index (χ3n) is 3.68. The molecule has 2 N–H and O–H groups in total. The summed E-state index contributed by atoms with van der Waals surface area (Å²) < 4.78 is 31.9. The summed E-state index contributed by atoms with van der Waals surface area (Å²) in [5.74, 6) is -2.51. The van der Waals surface area contributed by atoms with Gasteiger partial charge in [0, 0.05) is 5.69 Å². The van der Waals surface area contributed by atoms with Gasteiger partial charge in [0.15, 0.2) is 11.5 Å². The molecule has 3 rings (SSSR count). The number of anilines is 3. The van der Waals surface area contributed by atoms with Crippen LogP contribution in [0, 0.1) is 11.6 Å². The van der Waals surface area contributed by atoms with Crippen LogP contribution in [0.4, 0.5) is 26.0 Å². The maximum atomic E-state index is 13.6. The second-order valence-corrected chi connectivity index (χ2v) is 5.55. The van der Waals surface area contributed by atoms with Gasteiger partial charge < -0.3 is 15.4 Å². The van der Waals surface area contributed by atoms with Crippen LogP contribution < -0.4 is 10.6 Å². The molecule has 0 saturated carbocycles. The van der Waals surface area contributed by atoms with E-state index in [9.17, 15) is 18.4 Å². The predicted octanol–water partition coefficient (Wildman–Crippen LogP) is 3.54. The molecule has 0 fully saturated rings. The molecule has 1 heterocycles. The molecule has 0 aliphatic heterocycles. The normalized spacial score (nSPS) is 10.2. The van der Waals surface area contributed by atoms with Crippen molar-refractivity contribution in [2.75, 3.05) is 17.7 Å². The number of halogens is 2. The fourth-order valence-electron chi connectivity index (χ4n) is 2.27. The van der Waals surface area contributed by atoms with Crippen LogP contribution in [-0.2, 0) is 4.74 Å². The molecular formula is C19H14F2N4O3. The van der Waals surface area contributed by atoms with Crippen LogP contribution in [-0.4, -0.2) is 29.2 Å². The zero-order valence-electron chi connectivity index (χ0n) is 14.6. The van der Waals surface area contributed by atoms with Crippen LogP contribution in [0.1, 0.15) is 20.8 Å². The first-order chi connectivity index (χ1) is 13.5. The van der Waals surface area contributed by atoms with E-state index in [1.54, 1.807) is 0 Å². The van der Waals surface area contributed by atoms with Crippen molar-refractivity contribution in [1.29, 1.82) is 0 Å². The van der Waals surface area contributed by atoms with Crippen molar-refractivity contribution in [3.05, 3.63) is 77.5 Å². The van der Waals surface area contributed by atoms with Crippen LogP contribution in [0.3, 0.4) is 0 Å². The largest absolute Gasteiger partial charge is 0.465 e.